The van der Waals surface area contributed by atoms with Crippen molar-refractivity contribution < 1.29 is 14.3 Å². The van der Waals surface area contributed by atoms with Gasteiger partial charge in [-0.3, -0.25) is 9.59 Å². The monoisotopic (exact) mass is 325 g/mol. The summed E-state index contributed by atoms with van der Waals surface area (Å²) >= 11 is 3.33. The van der Waals surface area contributed by atoms with Gasteiger partial charge in [0.2, 0.25) is 0 Å². The molecular formula is C14H16BrNO3. The van der Waals surface area contributed by atoms with Gasteiger partial charge in [0.15, 0.2) is 6.10 Å². The number of ether oxygens (including phenoxy) is 1. The van der Waals surface area contributed by atoms with E-state index in [-0.39, 0.29) is 24.3 Å². The molecule has 0 spiro atoms. The third-order valence-electron chi connectivity index (χ3n) is 2.86. The standard InChI is InChI=1S/C14H16BrNO3/c1-9(14(18)16-12-6-7-12)19-13(17)8-10-2-4-11(15)5-3-10/h2-5,9,12H,6-8H2,1H3,(H,16,18)/t9-/m1/s1. The van der Waals surface area contributed by atoms with Gasteiger partial charge in [-0.15, -0.1) is 0 Å². The molecule has 0 aromatic heterocycles. The van der Waals surface area contributed by atoms with Gasteiger partial charge >= 0.3 is 5.97 Å². The number of halogens is 1. The van der Waals surface area contributed by atoms with Crippen molar-refractivity contribution in [3.05, 3.63) is 34.3 Å². The largest absolute Gasteiger partial charge is 0.452 e. The highest BCUT2D eigenvalue weighted by Gasteiger charge is 2.27. The Kier molecular flexibility index (Phi) is 4.58. The van der Waals surface area contributed by atoms with Gasteiger partial charge in [0.1, 0.15) is 0 Å². The lowest BCUT2D eigenvalue weighted by Crippen LogP contribution is -2.37. The summed E-state index contributed by atoms with van der Waals surface area (Å²) in [6, 6.07) is 7.71. The second kappa shape index (κ2) is 6.19. The molecule has 1 amide bonds. The number of carbonyl (C=O) groups excluding carboxylic acids is 2. The predicted octanol–water partition coefficient (Wildman–Crippen LogP) is 2.20. The Morgan fingerprint density at radius 1 is 1.37 bits per heavy atom. The van der Waals surface area contributed by atoms with Gasteiger partial charge in [0.25, 0.3) is 5.91 Å². The van der Waals surface area contributed by atoms with E-state index in [1.165, 1.54) is 0 Å². The molecule has 1 atom stereocenters. The van der Waals surface area contributed by atoms with Gasteiger partial charge in [0, 0.05) is 10.5 Å². The Balaban J connectivity index is 1.79. The van der Waals surface area contributed by atoms with Crippen LogP contribution in [0.2, 0.25) is 0 Å². The Bertz CT molecular complexity index is 468. The Labute approximate surface area is 120 Å². The summed E-state index contributed by atoms with van der Waals surface area (Å²) in [6.07, 6.45) is 1.48. The third kappa shape index (κ3) is 4.67. The molecule has 1 aliphatic carbocycles. The molecule has 102 valence electrons. The SMILES string of the molecule is C[C@@H](OC(=O)Cc1ccc(Br)cc1)C(=O)NC1CC1. The van der Waals surface area contributed by atoms with Crippen molar-refractivity contribution >= 4 is 27.8 Å². The smallest absolute Gasteiger partial charge is 0.311 e. The Morgan fingerprint density at radius 2 is 2.00 bits per heavy atom. The third-order valence-corrected chi connectivity index (χ3v) is 3.39. The van der Waals surface area contributed by atoms with E-state index in [1.54, 1.807) is 6.92 Å². The molecule has 0 saturated heterocycles. The summed E-state index contributed by atoms with van der Waals surface area (Å²) in [6.45, 7) is 1.59. The number of rotatable bonds is 5. The zero-order valence-corrected chi connectivity index (χ0v) is 12.3. The van der Waals surface area contributed by atoms with Crippen LogP contribution in [0.4, 0.5) is 0 Å². The highest BCUT2D eigenvalue weighted by atomic mass is 79.9. The number of hydrogen-bond acceptors (Lipinski definition) is 3. The fraction of sp³-hybridized carbons (Fsp3) is 0.429. The van der Waals surface area contributed by atoms with Crippen molar-refractivity contribution in [3.8, 4) is 0 Å². The summed E-state index contributed by atoms with van der Waals surface area (Å²) in [7, 11) is 0. The van der Waals surface area contributed by atoms with E-state index in [2.05, 4.69) is 21.2 Å². The Hall–Kier alpha value is -1.36. The van der Waals surface area contributed by atoms with E-state index in [0.29, 0.717) is 0 Å². The molecule has 0 bridgehead atoms. The van der Waals surface area contributed by atoms with E-state index in [4.69, 9.17) is 4.74 Å². The minimum absolute atomic E-state index is 0.175. The van der Waals surface area contributed by atoms with Gasteiger partial charge < -0.3 is 10.1 Å². The molecule has 1 fully saturated rings. The number of hydrogen-bond donors (Lipinski definition) is 1. The second-order valence-corrected chi connectivity index (χ2v) is 5.63. The maximum Gasteiger partial charge on any atom is 0.311 e. The molecule has 0 unspecified atom stereocenters. The molecule has 0 heterocycles. The van der Waals surface area contributed by atoms with E-state index in [9.17, 15) is 9.59 Å². The quantitative estimate of drug-likeness (QED) is 0.844. The lowest BCUT2D eigenvalue weighted by Gasteiger charge is -2.13. The zero-order valence-electron chi connectivity index (χ0n) is 10.7. The van der Waals surface area contributed by atoms with E-state index < -0.39 is 6.10 Å². The lowest BCUT2D eigenvalue weighted by molar-refractivity contribution is -0.154. The van der Waals surface area contributed by atoms with Gasteiger partial charge in [-0.25, -0.2) is 0 Å². The molecule has 1 N–H and O–H groups in total. The molecule has 1 aliphatic rings. The van der Waals surface area contributed by atoms with Crippen LogP contribution in [-0.2, 0) is 20.7 Å². The van der Waals surface area contributed by atoms with Gasteiger partial charge in [-0.05, 0) is 37.5 Å². The highest BCUT2D eigenvalue weighted by Crippen LogP contribution is 2.19. The van der Waals surface area contributed by atoms with Gasteiger partial charge in [0.05, 0.1) is 6.42 Å². The average molecular weight is 326 g/mol. The molecule has 1 saturated carbocycles. The summed E-state index contributed by atoms with van der Waals surface area (Å²) in [5.41, 5.74) is 0.864. The Morgan fingerprint density at radius 3 is 2.58 bits per heavy atom. The zero-order chi connectivity index (χ0) is 13.8. The molecule has 0 aliphatic heterocycles. The van der Waals surface area contributed by atoms with Crippen LogP contribution >= 0.6 is 15.9 Å². The fourth-order valence-corrected chi connectivity index (χ4v) is 1.87. The van der Waals surface area contributed by atoms with Gasteiger partial charge in [-0.1, -0.05) is 28.1 Å². The van der Waals surface area contributed by atoms with Crippen LogP contribution < -0.4 is 5.32 Å². The van der Waals surface area contributed by atoms with E-state index in [1.807, 2.05) is 24.3 Å². The first-order chi connectivity index (χ1) is 9.04. The molecule has 1 aromatic rings. The van der Waals surface area contributed by atoms with Crippen molar-refractivity contribution in [2.45, 2.75) is 38.3 Å². The predicted molar refractivity (Wildman–Crippen MR) is 74.6 cm³/mol. The van der Waals surface area contributed by atoms with Crippen LogP contribution in [0.25, 0.3) is 0 Å². The second-order valence-electron chi connectivity index (χ2n) is 4.72. The first kappa shape index (κ1) is 14.1. The first-order valence-corrected chi connectivity index (χ1v) is 7.08. The van der Waals surface area contributed by atoms with Crippen LogP contribution in [0.5, 0.6) is 0 Å². The summed E-state index contributed by atoms with van der Waals surface area (Å²) < 4.78 is 6.07. The molecule has 4 nitrogen and oxygen atoms in total. The van der Waals surface area contributed by atoms with Crippen molar-refractivity contribution in [1.29, 1.82) is 0 Å². The average Bonchev–Trinajstić information content (AvgIpc) is 3.16. The van der Waals surface area contributed by atoms with Crippen molar-refractivity contribution in [2.75, 3.05) is 0 Å². The highest BCUT2D eigenvalue weighted by molar-refractivity contribution is 9.10. The number of nitrogens with one attached hydrogen (secondary N) is 1. The summed E-state index contributed by atoms with van der Waals surface area (Å²) in [5.74, 6) is -0.604. The van der Waals surface area contributed by atoms with Crippen LogP contribution in [0.15, 0.2) is 28.7 Å². The minimum Gasteiger partial charge on any atom is -0.452 e. The topological polar surface area (TPSA) is 55.4 Å². The van der Waals surface area contributed by atoms with Crippen molar-refractivity contribution in [3.63, 3.8) is 0 Å². The summed E-state index contributed by atoms with van der Waals surface area (Å²) in [4.78, 5) is 23.3. The summed E-state index contributed by atoms with van der Waals surface area (Å²) in [5, 5.41) is 2.81. The maximum atomic E-state index is 11.7. The molecule has 2 rings (SSSR count). The molecule has 5 heteroatoms. The van der Waals surface area contributed by atoms with Crippen LogP contribution in [0, 0.1) is 0 Å². The molecule has 0 radical (unpaired) electrons. The molecule has 19 heavy (non-hydrogen) atoms. The fourth-order valence-electron chi connectivity index (χ4n) is 1.61. The minimum atomic E-state index is -0.733. The van der Waals surface area contributed by atoms with E-state index in [0.717, 1.165) is 22.9 Å². The number of esters is 1. The number of amides is 1. The van der Waals surface area contributed by atoms with Crippen molar-refractivity contribution in [2.24, 2.45) is 0 Å². The van der Waals surface area contributed by atoms with Crippen LogP contribution in [0.3, 0.4) is 0 Å². The van der Waals surface area contributed by atoms with Gasteiger partial charge in [-0.2, -0.15) is 0 Å². The maximum absolute atomic E-state index is 11.7. The van der Waals surface area contributed by atoms with Crippen molar-refractivity contribution in [1.82, 2.24) is 5.32 Å². The first-order valence-electron chi connectivity index (χ1n) is 6.29. The molecular weight excluding hydrogens is 310 g/mol. The van der Waals surface area contributed by atoms with E-state index >= 15 is 0 Å². The van der Waals surface area contributed by atoms with Crippen LogP contribution in [0.1, 0.15) is 25.3 Å². The molecule has 1 aromatic carbocycles. The number of carbonyl (C=O) groups is 2. The number of benzene rings is 1. The lowest BCUT2D eigenvalue weighted by atomic mass is 10.1. The normalized spacial score (nSPS) is 15.7. The van der Waals surface area contributed by atoms with Crippen LogP contribution in [-0.4, -0.2) is 24.0 Å².